The van der Waals surface area contributed by atoms with E-state index in [9.17, 15) is 19.0 Å². The molecule has 0 bridgehead atoms. The molecule has 0 spiro atoms. The Bertz CT molecular complexity index is 1250. The number of carbonyl (C=O) groups is 2. The highest BCUT2D eigenvalue weighted by Crippen LogP contribution is 2.38. The second-order valence-corrected chi connectivity index (χ2v) is 18.2. The van der Waals surface area contributed by atoms with Gasteiger partial charge >= 0.3 is 11.9 Å². The molecular weight excluding hydrogens is 774 g/mol. The molecule has 0 aromatic rings. The summed E-state index contributed by atoms with van der Waals surface area (Å²) in [6.45, 7) is 4.03. The number of phosphoric acid groups is 1. The largest absolute Gasteiger partial charge is 0.756 e. The van der Waals surface area contributed by atoms with Gasteiger partial charge in [-0.15, -0.1) is 0 Å². The van der Waals surface area contributed by atoms with Gasteiger partial charge in [0.1, 0.15) is 19.8 Å². The Labute approximate surface area is 368 Å². The van der Waals surface area contributed by atoms with Gasteiger partial charge in [0.15, 0.2) is 6.10 Å². The average Bonchev–Trinajstić information content (AvgIpc) is 3.20. The first-order valence-electron chi connectivity index (χ1n) is 23.6. The van der Waals surface area contributed by atoms with Gasteiger partial charge in [0.25, 0.3) is 7.82 Å². The van der Waals surface area contributed by atoms with Gasteiger partial charge in [-0.1, -0.05) is 189 Å². The third-order valence-electron chi connectivity index (χ3n) is 9.75. The molecule has 2 atom stereocenters. The Kier molecular flexibility index (Phi) is 40.0. The zero-order valence-corrected chi connectivity index (χ0v) is 39.8. The highest BCUT2D eigenvalue weighted by Gasteiger charge is 2.21. The molecule has 0 aliphatic rings. The van der Waals surface area contributed by atoms with Crippen molar-refractivity contribution in [1.29, 1.82) is 0 Å². The lowest BCUT2D eigenvalue weighted by molar-refractivity contribution is -0.870. The maximum absolute atomic E-state index is 12.7. The standard InChI is InChI=1S/C50H88NO8P/c1-6-8-10-12-14-16-18-20-22-24-25-27-29-31-33-35-37-39-41-43-50(53)59-48(47-58-60(54,55)57-45-44-51(3,4)5)46-56-49(52)42-40-38-36-34-32-30-28-26-23-21-19-17-15-13-11-9-7-2/h8,10,14,16,20,22,25,27,31,33,37,39,48H,6-7,9,11-13,15,17-19,21,23-24,26,28-30,32,34-36,38,40-47H2,1-5H3/b10-8-,16-14-,22-20-,27-25-,33-31-,39-37-/t48-/m1/s1. The first-order chi connectivity index (χ1) is 29.0. The van der Waals surface area contributed by atoms with E-state index in [1.807, 2.05) is 33.3 Å². The Hall–Kier alpha value is -2.55. The zero-order chi connectivity index (χ0) is 44.3. The molecule has 10 heteroatoms. The molecular formula is C50H88NO8P. The number of likely N-dealkylation sites (N-methyl/N-ethyl adjacent to an activating group) is 1. The van der Waals surface area contributed by atoms with Crippen molar-refractivity contribution in [2.75, 3.05) is 47.5 Å². The molecule has 0 heterocycles. The van der Waals surface area contributed by atoms with E-state index in [0.717, 1.165) is 57.8 Å². The topological polar surface area (TPSA) is 111 Å². The lowest BCUT2D eigenvalue weighted by Gasteiger charge is -2.28. The highest BCUT2D eigenvalue weighted by molar-refractivity contribution is 7.45. The average molecular weight is 862 g/mol. The van der Waals surface area contributed by atoms with E-state index in [2.05, 4.69) is 74.6 Å². The number of quaternary nitrogens is 1. The van der Waals surface area contributed by atoms with Crippen molar-refractivity contribution in [1.82, 2.24) is 0 Å². The number of ether oxygens (including phenoxy) is 2. The summed E-state index contributed by atoms with van der Waals surface area (Å²) < 4.78 is 33.9. The van der Waals surface area contributed by atoms with E-state index in [0.29, 0.717) is 17.4 Å². The highest BCUT2D eigenvalue weighted by atomic mass is 31.2. The van der Waals surface area contributed by atoms with Gasteiger partial charge < -0.3 is 27.9 Å². The van der Waals surface area contributed by atoms with Crippen molar-refractivity contribution in [3.63, 3.8) is 0 Å². The van der Waals surface area contributed by atoms with Crippen molar-refractivity contribution in [2.24, 2.45) is 0 Å². The Morgan fingerprint density at radius 3 is 1.38 bits per heavy atom. The maximum atomic E-state index is 12.7. The van der Waals surface area contributed by atoms with Crippen molar-refractivity contribution < 1.29 is 42.1 Å². The lowest BCUT2D eigenvalue weighted by Crippen LogP contribution is -2.37. The molecule has 0 aliphatic heterocycles. The van der Waals surface area contributed by atoms with E-state index in [1.165, 1.54) is 89.9 Å². The number of hydrogen-bond donors (Lipinski definition) is 0. The fraction of sp³-hybridized carbons (Fsp3) is 0.720. The molecule has 0 saturated heterocycles. The van der Waals surface area contributed by atoms with Crippen LogP contribution in [0.1, 0.15) is 181 Å². The molecule has 0 N–H and O–H groups in total. The number of unbranched alkanes of at least 4 members (excludes halogenated alkanes) is 16. The number of rotatable bonds is 42. The predicted octanol–water partition coefficient (Wildman–Crippen LogP) is 13.2. The summed E-state index contributed by atoms with van der Waals surface area (Å²) in [6, 6.07) is 0. The van der Waals surface area contributed by atoms with E-state index in [1.54, 1.807) is 0 Å². The molecule has 0 saturated carbocycles. The molecule has 346 valence electrons. The molecule has 0 amide bonds. The first kappa shape index (κ1) is 57.4. The van der Waals surface area contributed by atoms with Gasteiger partial charge in [-0.2, -0.15) is 0 Å². The van der Waals surface area contributed by atoms with Gasteiger partial charge in [0, 0.05) is 12.8 Å². The quantitative estimate of drug-likeness (QED) is 0.0196. The third-order valence-corrected chi connectivity index (χ3v) is 10.7. The number of phosphoric ester groups is 1. The van der Waals surface area contributed by atoms with Gasteiger partial charge in [0.05, 0.1) is 27.7 Å². The fourth-order valence-electron chi connectivity index (χ4n) is 6.09. The van der Waals surface area contributed by atoms with Crippen molar-refractivity contribution in [3.8, 4) is 0 Å². The summed E-state index contributed by atoms with van der Waals surface area (Å²) in [5.41, 5.74) is 0. The van der Waals surface area contributed by atoms with Gasteiger partial charge in [-0.3, -0.25) is 14.2 Å². The summed E-state index contributed by atoms with van der Waals surface area (Å²) in [5.74, 6) is -0.932. The van der Waals surface area contributed by atoms with Crippen LogP contribution in [0.5, 0.6) is 0 Å². The van der Waals surface area contributed by atoms with E-state index >= 15 is 0 Å². The van der Waals surface area contributed by atoms with Crippen LogP contribution in [-0.2, 0) is 32.7 Å². The number of nitrogens with zero attached hydrogens (tertiary/aromatic N) is 1. The summed E-state index contributed by atoms with van der Waals surface area (Å²) in [7, 11) is 1.11. The molecule has 0 aliphatic carbocycles. The second-order valence-electron chi connectivity index (χ2n) is 16.7. The smallest absolute Gasteiger partial charge is 0.306 e. The van der Waals surface area contributed by atoms with Crippen LogP contribution in [0.15, 0.2) is 72.9 Å². The molecule has 0 radical (unpaired) electrons. The molecule has 0 aromatic carbocycles. The van der Waals surface area contributed by atoms with Crippen LogP contribution in [0.3, 0.4) is 0 Å². The van der Waals surface area contributed by atoms with Crippen LogP contribution in [0.2, 0.25) is 0 Å². The van der Waals surface area contributed by atoms with Crippen LogP contribution in [0.25, 0.3) is 0 Å². The van der Waals surface area contributed by atoms with E-state index in [4.69, 9.17) is 18.5 Å². The minimum Gasteiger partial charge on any atom is -0.756 e. The zero-order valence-electron chi connectivity index (χ0n) is 38.9. The SMILES string of the molecule is CC/C=C\C/C=C\C/C=C\C/C=C\C/C=C\C/C=C\CCC(=O)O[C@H](COC(=O)CCCCCCCCCCCCCCCCCCC)COP(=O)([O-])OCC[N+](C)(C)C. The van der Waals surface area contributed by atoms with Crippen LogP contribution < -0.4 is 4.89 Å². The van der Waals surface area contributed by atoms with E-state index < -0.39 is 32.5 Å². The summed E-state index contributed by atoms with van der Waals surface area (Å²) in [6.07, 6.45) is 52.3. The fourth-order valence-corrected chi connectivity index (χ4v) is 6.82. The minimum absolute atomic E-state index is 0.0466. The number of hydrogen-bond acceptors (Lipinski definition) is 8. The van der Waals surface area contributed by atoms with Gasteiger partial charge in [-0.25, -0.2) is 0 Å². The number of esters is 2. The van der Waals surface area contributed by atoms with Crippen molar-refractivity contribution >= 4 is 19.8 Å². The second kappa shape index (κ2) is 41.8. The van der Waals surface area contributed by atoms with Crippen molar-refractivity contribution in [2.45, 2.75) is 187 Å². The van der Waals surface area contributed by atoms with Crippen LogP contribution >= 0.6 is 7.82 Å². The van der Waals surface area contributed by atoms with Crippen LogP contribution in [0.4, 0.5) is 0 Å². The summed E-state index contributed by atoms with van der Waals surface area (Å²) in [5, 5.41) is 0. The van der Waals surface area contributed by atoms with Crippen LogP contribution in [-0.4, -0.2) is 70.0 Å². The Morgan fingerprint density at radius 2 is 0.950 bits per heavy atom. The normalized spacial score (nSPS) is 14.2. The monoisotopic (exact) mass is 862 g/mol. The minimum atomic E-state index is -4.65. The summed E-state index contributed by atoms with van der Waals surface area (Å²) >= 11 is 0. The Balaban J connectivity index is 4.44. The molecule has 0 fully saturated rings. The summed E-state index contributed by atoms with van der Waals surface area (Å²) in [4.78, 5) is 37.6. The first-order valence-corrected chi connectivity index (χ1v) is 25.1. The molecule has 1 unspecified atom stereocenters. The molecule has 60 heavy (non-hydrogen) atoms. The van der Waals surface area contributed by atoms with E-state index in [-0.39, 0.29) is 26.1 Å². The number of allylic oxidation sites excluding steroid dienone is 12. The van der Waals surface area contributed by atoms with Gasteiger partial charge in [0.2, 0.25) is 0 Å². The maximum Gasteiger partial charge on any atom is 0.306 e. The van der Waals surface area contributed by atoms with Crippen LogP contribution in [0, 0.1) is 0 Å². The number of carbonyl (C=O) groups excluding carboxylic acids is 2. The lowest BCUT2D eigenvalue weighted by atomic mass is 10.0. The predicted molar refractivity (Wildman–Crippen MR) is 249 cm³/mol. The molecule has 0 aromatic heterocycles. The molecule has 0 rings (SSSR count). The molecule has 9 nitrogen and oxygen atoms in total. The van der Waals surface area contributed by atoms with Gasteiger partial charge in [-0.05, 0) is 51.4 Å². The Morgan fingerprint density at radius 1 is 0.533 bits per heavy atom. The van der Waals surface area contributed by atoms with Crippen molar-refractivity contribution in [3.05, 3.63) is 72.9 Å². The third kappa shape index (κ3) is 45.0.